The molecule has 0 unspecified atom stereocenters. The first-order valence-electron chi connectivity index (χ1n) is 10.0. The maximum Gasteiger partial charge on any atom is 4.00 e. The van der Waals surface area contributed by atoms with E-state index in [-0.39, 0.29) is 61.8 Å². The smallest absolute Gasteiger partial charge is 1.00 e. The van der Waals surface area contributed by atoms with E-state index in [1.807, 2.05) is 30.3 Å². The predicted molar refractivity (Wildman–Crippen MR) is 124 cm³/mol. The number of hydrogen-bond acceptors (Lipinski definition) is 0. The minimum atomic E-state index is 0. The van der Waals surface area contributed by atoms with Gasteiger partial charge in [-0.3, -0.25) is 0 Å². The largest absolute Gasteiger partial charge is 4.00 e. The van der Waals surface area contributed by atoms with Gasteiger partial charge in [-0.15, -0.1) is 18.7 Å². The third-order valence-corrected chi connectivity index (χ3v) is 5.08. The molecule has 1 aliphatic carbocycles. The number of hydrogen-bond donors (Lipinski definition) is 0. The van der Waals surface area contributed by atoms with Crippen molar-refractivity contribution in [3.8, 4) is 11.1 Å². The molecule has 4 rings (SSSR count). The Balaban J connectivity index is 0. The van der Waals surface area contributed by atoms with E-state index in [1.165, 1.54) is 33.4 Å². The number of halogens is 2. The Morgan fingerprint density at radius 1 is 0.806 bits per heavy atom. The van der Waals surface area contributed by atoms with Gasteiger partial charge >= 0.3 is 26.2 Å². The Morgan fingerprint density at radius 2 is 1.32 bits per heavy atom. The van der Waals surface area contributed by atoms with Crippen molar-refractivity contribution in [2.24, 2.45) is 0 Å². The summed E-state index contributed by atoms with van der Waals surface area (Å²) in [5.41, 5.74) is 8.76. The van der Waals surface area contributed by atoms with Crippen molar-refractivity contribution in [3.63, 3.8) is 0 Å². The van der Waals surface area contributed by atoms with E-state index in [0.29, 0.717) is 0 Å². The first-order valence-corrected chi connectivity index (χ1v) is 10.0. The van der Waals surface area contributed by atoms with Gasteiger partial charge in [-0.2, -0.15) is 47.5 Å². The van der Waals surface area contributed by atoms with Crippen LogP contribution in [0.3, 0.4) is 0 Å². The average molecular weight is 533 g/mol. The molecule has 31 heavy (non-hydrogen) atoms. The second kappa shape index (κ2) is 13.5. The fourth-order valence-corrected chi connectivity index (χ4v) is 3.31. The van der Waals surface area contributed by atoms with Crippen LogP contribution in [0.1, 0.15) is 63.8 Å². The average Bonchev–Trinajstić information content (AvgIpc) is 3.32. The van der Waals surface area contributed by atoms with Gasteiger partial charge in [0, 0.05) is 0 Å². The summed E-state index contributed by atoms with van der Waals surface area (Å²) in [5, 5.41) is 0. The van der Waals surface area contributed by atoms with Crippen molar-refractivity contribution < 1.29 is 51.0 Å². The molecule has 0 spiro atoms. The van der Waals surface area contributed by atoms with Crippen molar-refractivity contribution in [3.05, 3.63) is 102 Å². The molecule has 0 radical (unpaired) electrons. The number of rotatable bonds is 0. The molecule has 1 aliphatic rings. The minimum Gasteiger partial charge on any atom is -1.00 e. The summed E-state index contributed by atoms with van der Waals surface area (Å²) >= 11 is 0. The van der Waals surface area contributed by atoms with Crippen molar-refractivity contribution in [1.82, 2.24) is 0 Å². The zero-order valence-corrected chi connectivity index (χ0v) is 23.6. The van der Waals surface area contributed by atoms with Gasteiger partial charge in [0.25, 0.3) is 0 Å². The van der Waals surface area contributed by atoms with Gasteiger partial charge in [-0.25, -0.2) is 12.1 Å². The summed E-state index contributed by atoms with van der Waals surface area (Å²) in [6, 6.07) is 25.1. The van der Waals surface area contributed by atoms with Crippen molar-refractivity contribution >= 4 is 0 Å². The van der Waals surface area contributed by atoms with Gasteiger partial charge in [0.1, 0.15) is 0 Å². The molecule has 0 nitrogen and oxygen atoms in total. The first kappa shape index (κ1) is 32.2. The monoisotopic (exact) mass is 530 g/mol. The zero-order chi connectivity index (χ0) is 20.9. The Morgan fingerprint density at radius 3 is 1.77 bits per heavy atom. The molecule has 0 aromatic heterocycles. The molecule has 0 saturated heterocycles. The van der Waals surface area contributed by atoms with Crippen LogP contribution < -0.4 is 24.8 Å². The quantitative estimate of drug-likeness (QED) is 0.240. The molecule has 0 atom stereocenters. The van der Waals surface area contributed by atoms with E-state index in [1.54, 1.807) is 0 Å². The van der Waals surface area contributed by atoms with Gasteiger partial charge in [-0.05, 0) is 17.4 Å². The molecule has 0 fully saturated rings. The van der Waals surface area contributed by atoms with Crippen LogP contribution in [0.15, 0.2) is 73.8 Å². The van der Waals surface area contributed by atoms with E-state index >= 15 is 0 Å². The standard InChI is InChI=1S/C21H25.C5H5.C2H4.2ClH.Zr/c1-20(2,3)16-9-7-14-11-15-8-10-17(21(4,5)6)13-19(15)18(14)12-16;1-2-4-5-3-1;1-2;;;/h7,9-10,12-13H,11H2,1-6H3;1-5H;1-2H2;2*1H;/q2*-1;;;;+4/p-2. The Hall–Kier alpha value is -1.01. The van der Waals surface area contributed by atoms with Gasteiger partial charge < -0.3 is 24.8 Å². The molecule has 3 aromatic rings. The van der Waals surface area contributed by atoms with Gasteiger partial charge in [0.15, 0.2) is 0 Å². The first-order chi connectivity index (χ1) is 13.2. The van der Waals surface area contributed by atoms with Gasteiger partial charge in [0.2, 0.25) is 0 Å². The summed E-state index contributed by atoms with van der Waals surface area (Å²) in [5.74, 6) is 0. The molecule has 0 N–H and O–H groups in total. The van der Waals surface area contributed by atoms with Crippen LogP contribution in [0.25, 0.3) is 11.1 Å². The third kappa shape index (κ3) is 8.45. The SMILES string of the molecule is C=C.CC(C)(C)c1c[c-]c2c(c1)-c1cc(C(C)(C)C)ccc1C2.[Cl-].[Cl-].[Zr+4].c1cc[cH-]c1. The topological polar surface area (TPSA) is 0 Å². The van der Waals surface area contributed by atoms with E-state index in [4.69, 9.17) is 0 Å². The van der Waals surface area contributed by atoms with E-state index in [0.717, 1.165) is 6.42 Å². The van der Waals surface area contributed by atoms with Gasteiger partial charge in [-0.1, -0.05) is 76.3 Å². The van der Waals surface area contributed by atoms with E-state index < -0.39 is 0 Å². The molecule has 0 bridgehead atoms. The predicted octanol–water partition coefficient (Wildman–Crippen LogP) is 1.87. The molecular weight excluding hydrogens is 498 g/mol. The third-order valence-electron chi connectivity index (χ3n) is 5.08. The van der Waals surface area contributed by atoms with Crippen LogP contribution >= 0.6 is 0 Å². The molecular formula is C28H34Cl2Zr. The molecule has 0 amide bonds. The summed E-state index contributed by atoms with van der Waals surface area (Å²) < 4.78 is 0. The summed E-state index contributed by atoms with van der Waals surface area (Å²) in [6.45, 7) is 19.6. The maximum atomic E-state index is 3.53. The zero-order valence-electron chi connectivity index (χ0n) is 19.7. The van der Waals surface area contributed by atoms with Crippen LogP contribution in [0, 0.1) is 6.07 Å². The molecule has 0 aliphatic heterocycles. The fraction of sp³-hybridized carbons (Fsp3) is 0.321. The molecule has 3 heteroatoms. The molecule has 0 saturated carbocycles. The summed E-state index contributed by atoms with van der Waals surface area (Å²) in [6.07, 6.45) is 1.03. The van der Waals surface area contributed by atoms with Crippen molar-refractivity contribution in [1.29, 1.82) is 0 Å². The van der Waals surface area contributed by atoms with E-state index in [9.17, 15) is 0 Å². The molecule has 164 valence electrons. The summed E-state index contributed by atoms with van der Waals surface area (Å²) in [7, 11) is 0. The van der Waals surface area contributed by atoms with Crippen LogP contribution in [0.4, 0.5) is 0 Å². The van der Waals surface area contributed by atoms with Crippen LogP contribution in [-0.2, 0) is 43.5 Å². The Labute approximate surface area is 221 Å². The normalized spacial score (nSPS) is 10.9. The second-order valence-electron chi connectivity index (χ2n) is 9.29. The van der Waals surface area contributed by atoms with E-state index in [2.05, 4.69) is 91.1 Å². The Bertz CT molecular complexity index is 819. The molecule has 3 aromatic carbocycles. The van der Waals surface area contributed by atoms with Crippen LogP contribution in [0.5, 0.6) is 0 Å². The maximum absolute atomic E-state index is 3.53. The number of fused-ring (bicyclic) bond motifs is 3. The van der Waals surface area contributed by atoms with Crippen molar-refractivity contribution in [2.45, 2.75) is 58.8 Å². The summed E-state index contributed by atoms with van der Waals surface area (Å²) in [4.78, 5) is 0. The van der Waals surface area contributed by atoms with Crippen molar-refractivity contribution in [2.75, 3.05) is 0 Å². The Kier molecular flexibility index (Phi) is 14.0. The minimum absolute atomic E-state index is 0. The van der Waals surface area contributed by atoms with Crippen LogP contribution in [-0.4, -0.2) is 0 Å². The second-order valence-corrected chi connectivity index (χ2v) is 9.29. The fourth-order valence-electron chi connectivity index (χ4n) is 3.31. The molecule has 0 heterocycles. The number of benzene rings is 2. The van der Waals surface area contributed by atoms with Crippen LogP contribution in [0.2, 0.25) is 0 Å². The van der Waals surface area contributed by atoms with Gasteiger partial charge in [0.05, 0.1) is 0 Å².